The van der Waals surface area contributed by atoms with Gasteiger partial charge in [0.25, 0.3) is 0 Å². The first-order valence-electron chi connectivity index (χ1n) is 7.95. The molecule has 1 fully saturated rings. The highest BCUT2D eigenvalue weighted by atomic mass is 79.9. The number of rotatable bonds is 2. The number of aliphatic imine (C=N–C) groups is 1. The van der Waals surface area contributed by atoms with E-state index in [-0.39, 0.29) is 6.61 Å². The minimum Gasteiger partial charge on any atom is -0.453 e. The second kappa shape index (κ2) is 6.84. The highest BCUT2D eigenvalue weighted by Gasteiger charge is 2.26. The Labute approximate surface area is 153 Å². The molecule has 0 bridgehead atoms. The summed E-state index contributed by atoms with van der Waals surface area (Å²) >= 11 is 5.15. The maximum atomic E-state index is 9.11. The standard InChI is InChI=1S/C17H18BrN3O2S/c18-12-1-2-15-14(9-12)19-17(13-10-24-11-16(13)23-15)21-5-3-20(4-6-21)7-8-22/h1-2,9-11,22H,3-8H2. The average molecular weight is 408 g/mol. The van der Waals surface area contributed by atoms with E-state index in [0.717, 1.165) is 65.8 Å². The number of nitrogens with zero attached hydrogens (tertiary/aromatic N) is 3. The molecule has 0 aliphatic carbocycles. The number of β-amino-alcohol motifs (C(OH)–C–C–N with tert-alkyl or cyclic N) is 1. The lowest BCUT2D eigenvalue weighted by molar-refractivity contribution is 0.147. The minimum absolute atomic E-state index is 0.213. The normalized spacial score (nSPS) is 17.6. The van der Waals surface area contributed by atoms with Gasteiger partial charge in [-0.15, -0.1) is 11.3 Å². The second-order valence-corrected chi connectivity index (χ2v) is 7.51. The molecule has 1 aromatic heterocycles. The summed E-state index contributed by atoms with van der Waals surface area (Å²) in [6.45, 7) is 4.62. The first-order valence-corrected chi connectivity index (χ1v) is 9.69. The molecule has 1 aromatic carbocycles. The molecule has 0 spiro atoms. The number of fused-ring (bicyclic) bond motifs is 2. The van der Waals surface area contributed by atoms with Crippen LogP contribution in [0.3, 0.4) is 0 Å². The van der Waals surface area contributed by atoms with Gasteiger partial charge in [-0.1, -0.05) is 15.9 Å². The van der Waals surface area contributed by atoms with Crippen molar-refractivity contribution in [1.82, 2.24) is 9.80 Å². The number of thiophene rings is 1. The Bertz CT molecular complexity index is 769. The van der Waals surface area contributed by atoms with E-state index < -0.39 is 0 Å². The van der Waals surface area contributed by atoms with Crippen molar-refractivity contribution < 1.29 is 9.84 Å². The van der Waals surface area contributed by atoms with Gasteiger partial charge < -0.3 is 14.7 Å². The van der Waals surface area contributed by atoms with Crippen LogP contribution in [0.15, 0.2) is 38.4 Å². The molecular formula is C17H18BrN3O2S. The predicted molar refractivity (Wildman–Crippen MR) is 99.8 cm³/mol. The maximum Gasteiger partial charge on any atom is 0.153 e. The molecule has 24 heavy (non-hydrogen) atoms. The molecule has 5 nitrogen and oxygen atoms in total. The predicted octanol–water partition coefficient (Wildman–Crippen LogP) is 3.30. The largest absolute Gasteiger partial charge is 0.453 e. The highest BCUT2D eigenvalue weighted by molar-refractivity contribution is 9.10. The van der Waals surface area contributed by atoms with Gasteiger partial charge in [0.15, 0.2) is 5.75 Å². The van der Waals surface area contributed by atoms with Crippen molar-refractivity contribution in [1.29, 1.82) is 0 Å². The van der Waals surface area contributed by atoms with Crippen LogP contribution < -0.4 is 4.74 Å². The first kappa shape index (κ1) is 16.1. The van der Waals surface area contributed by atoms with Crippen LogP contribution in [0.1, 0.15) is 5.56 Å². The van der Waals surface area contributed by atoms with Crippen molar-refractivity contribution in [3.63, 3.8) is 0 Å². The van der Waals surface area contributed by atoms with Crippen LogP contribution >= 0.6 is 27.3 Å². The van der Waals surface area contributed by atoms with Crippen molar-refractivity contribution in [2.75, 3.05) is 39.3 Å². The third-order valence-corrected chi connectivity index (χ3v) is 5.54. The Balaban J connectivity index is 1.68. The molecule has 1 N–H and O–H groups in total. The third-order valence-electron chi connectivity index (χ3n) is 4.32. The van der Waals surface area contributed by atoms with Crippen molar-refractivity contribution in [3.05, 3.63) is 39.0 Å². The molecule has 4 rings (SSSR count). The van der Waals surface area contributed by atoms with Crippen LogP contribution in [-0.2, 0) is 0 Å². The molecule has 1 saturated heterocycles. The zero-order valence-corrected chi connectivity index (χ0v) is 15.5. The Morgan fingerprint density at radius 3 is 2.79 bits per heavy atom. The number of ether oxygens (including phenoxy) is 1. The van der Waals surface area contributed by atoms with Gasteiger partial charge in [-0.25, -0.2) is 4.99 Å². The van der Waals surface area contributed by atoms with Gasteiger partial charge in [-0.05, 0) is 18.2 Å². The highest BCUT2D eigenvalue weighted by Crippen LogP contribution is 2.41. The minimum atomic E-state index is 0.213. The number of benzene rings is 1. The Morgan fingerprint density at radius 1 is 1.17 bits per heavy atom. The molecule has 3 heterocycles. The van der Waals surface area contributed by atoms with E-state index in [1.54, 1.807) is 11.3 Å². The van der Waals surface area contributed by atoms with E-state index in [1.807, 2.05) is 23.6 Å². The van der Waals surface area contributed by atoms with Crippen LogP contribution in [0.25, 0.3) is 0 Å². The third kappa shape index (κ3) is 3.09. The summed E-state index contributed by atoms with van der Waals surface area (Å²) in [6, 6.07) is 5.91. The monoisotopic (exact) mass is 407 g/mol. The number of piperazine rings is 1. The Morgan fingerprint density at radius 2 is 2.00 bits per heavy atom. The van der Waals surface area contributed by atoms with Gasteiger partial charge in [-0.2, -0.15) is 0 Å². The van der Waals surface area contributed by atoms with E-state index in [2.05, 4.69) is 31.1 Å². The number of aliphatic hydroxyl groups excluding tert-OH is 1. The zero-order valence-electron chi connectivity index (χ0n) is 13.1. The van der Waals surface area contributed by atoms with Gasteiger partial charge in [0, 0.05) is 48.0 Å². The van der Waals surface area contributed by atoms with E-state index in [4.69, 9.17) is 14.8 Å². The molecular weight excluding hydrogens is 390 g/mol. The van der Waals surface area contributed by atoms with Crippen LogP contribution in [-0.4, -0.2) is 60.1 Å². The molecule has 126 valence electrons. The fourth-order valence-electron chi connectivity index (χ4n) is 3.05. The van der Waals surface area contributed by atoms with Crippen molar-refractivity contribution in [3.8, 4) is 11.5 Å². The van der Waals surface area contributed by atoms with E-state index in [9.17, 15) is 0 Å². The fourth-order valence-corrected chi connectivity index (χ4v) is 4.12. The summed E-state index contributed by atoms with van der Waals surface area (Å²) in [7, 11) is 0. The second-order valence-electron chi connectivity index (χ2n) is 5.85. The number of hydrogen-bond acceptors (Lipinski definition) is 6. The van der Waals surface area contributed by atoms with E-state index in [0.29, 0.717) is 0 Å². The van der Waals surface area contributed by atoms with Gasteiger partial charge in [0.1, 0.15) is 17.3 Å². The van der Waals surface area contributed by atoms with Gasteiger partial charge >= 0.3 is 0 Å². The topological polar surface area (TPSA) is 48.3 Å². The Kier molecular flexibility index (Phi) is 4.58. The van der Waals surface area contributed by atoms with Crippen LogP contribution in [0.2, 0.25) is 0 Å². The SMILES string of the molecule is OCCN1CCN(C2=Nc3cc(Br)ccc3Oc3cscc32)CC1. The molecule has 2 aliphatic rings. The molecule has 2 aromatic rings. The lowest BCUT2D eigenvalue weighted by atomic mass is 10.2. The van der Waals surface area contributed by atoms with E-state index in [1.165, 1.54) is 0 Å². The first-order chi connectivity index (χ1) is 11.7. The summed E-state index contributed by atoms with van der Waals surface area (Å²) in [5.41, 5.74) is 1.90. The van der Waals surface area contributed by atoms with Gasteiger partial charge in [0.2, 0.25) is 0 Å². The van der Waals surface area contributed by atoms with Crippen molar-refractivity contribution >= 4 is 38.8 Å². The molecule has 0 atom stereocenters. The summed E-state index contributed by atoms with van der Waals surface area (Å²) in [6.07, 6.45) is 0. The summed E-state index contributed by atoms with van der Waals surface area (Å²) < 4.78 is 7.07. The van der Waals surface area contributed by atoms with Crippen LogP contribution in [0, 0.1) is 0 Å². The lowest BCUT2D eigenvalue weighted by Crippen LogP contribution is -2.49. The summed E-state index contributed by atoms with van der Waals surface area (Å²) in [4.78, 5) is 9.53. The number of hydrogen-bond donors (Lipinski definition) is 1. The molecule has 2 aliphatic heterocycles. The number of aliphatic hydroxyl groups is 1. The smallest absolute Gasteiger partial charge is 0.153 e. The number of halogens is 1. The van der Waals surface area contributed by atoms with Crippen molar-refractivity contribution in [2.24, 2.45) is 4.99 Å². The summed E-state index contributed by atoms with van der Waals surface area (Å²) in [5, 5.41) is 13.2. The van der Waals surface area contributed by atoms with Crippen molar-refractivity contribution in [2.45, 2.75) is 0 Å². The lowest BCUT2D eigenvalue weighted by Gasteiger charge is -2.36. The van der Waals surface area contributed by atoms with Crippen LogP contribution in [0.4, 0.5) is 5.69 Å². The quantitative estimate of drug-likeness (QED) is 0.829. The maximum absolute atomic E-state index is 9.11. The molecule has 7 heteroatoms. The number of amidine groups is 1. The average Bonchev–Trinajstić information content (AvgIpc) is 2.98. The Hall–Kier alpha value is -1.41. The van der Waals surface area contributed by atoms with Crippen LogP contribution in [0.5, 0.6) is 11.5 Å². The molecule has 0 radical (unpaired) electrons. The zero-order chi connectivity index (χ0) is 16.5. The molecule has 0 unspecified atom stereocenters. The summed E-state index contributed by atoms with van der Waals surface area (Å²) in [5.74, 6) is 2.64. The van der Waals surface area contributed by atoms with Gasteiger partial charge in [-0.3, -0.25) is 4.90 Å². The van der Waals surface area contributed by atoms with Gasteiger partial charge in [0.05, 0.1) is 12.2 Å². The van der Waals surface area contributed by atoms with E-state index >= 15 is 0 Å². The molecule has 0 saturated carbocycles. The molecule has 0 amide bonds. The fraction of sp³-hybridized carbons (Fsp3) is 0.353.